The van der Waals surface area contributed by atoms with Gasteiger partial charge in [0.1, 0.15) is 49.5 Å². The van der Waals surface area contributed by atoms with Crippen LogP contribution in [0.1, 0.15) is 81.7 Å². The van der Waals surface area contributed by atoms with E-state index in [0.29, 0.717) is 30.1 Å². The number of amides is 1. The number of unbranched alkanes of at least 4 members (excludes halogenated alkanes) is 1. The zero-order chi connectivity index (χ0) is 45.4. The van der Waals surface area contributed by atoms with Gasteiger partial charge in [-0.15, -0.1) is 0 Å². The summed E-state index contributed by atoms with van der Waals surface area (Å²) in [6.45, 7) is 9.35. The van der Waals surface area contributed by atoms with Crippen molar-refractivity contribution in [1.82, 2.24) is 4.90 Å². The molecule has 0 aromatic heterocycles. The molecule has 1 N–H and O–H groups in total. The van der Waals surface area contributed by atoms with Crippen molar-refractivity contribution in [3.63, 3.8) is 0 Å². The number of aliphatic imine (C=N–C) groups is 1. The third-order valence-corrected chi connectivity index (χ3v) is 10.4. The molecule has 1 unspecified atom stereocenters. The van der Waals surface area contributed by atoms with Crippen molar-refractivity contribution in [3.8, 4) is 22.6 Å². The lowest BCUT2D eigenvalue weighted by Gasteiger charge is -2.32. The Morgan fingerprint density at radius 1 is 0.714 bits per heavy atom. The van der Waals surface area contributed by atoms with Crippen molar-refractivity contribution >= 4 is 23.9 Å². The highest BCUT2D eigenvalue weighted by molar-refractivity contribution is 5.89. The highest BCUT2D eigenvalue weighted by Gasteiger charge is 2.33. The fourth-order valence-electron chi connectivity index (χ4n) is 6.86. The van der Waals surface area contributed by atoms with Crippen LogP contribution in [-0.4, -0.2) is 58.7 Å². The van der Waals surface area contributed by atoms with Crippen molar-refractivity contribution in [2.45, 2.75) is 104 Å². The summed E-state index contributed by atoms with van der Waals surface area (Å²) < 4.78 is 24.1. The summed E-state index contributed by atoms with van der Waals surface area (Å²) in [5, 5.41) is 22.8. The van der Waals surface area contributed by atoms with Gasteiger partial charge in [-0.3, -0.25) is 14.6 Å². The first-order valence-electron chi connectivity index (χ1n) is 21.4. The summed E-state index contributed by atoms with van der Waals surface area (Å²) in [5.41, 5.74) is 4.76. The van der Waals surface area contributed by atoms with E-state index in [2.05, 4.69) is 4.99 Å². The first kappa shape index (κ1) is 47.4. The number of likely N-dealkylation sites (N-methyl/N-ethyl adjacent to an activating group) is 1. The SMILES string of the molecule is CCCCC(N=C([O-])OC(C)(C)C)C(=O)N(C)[C@@H](Cc1cc(-c2ccc(OCc3ccccc3)c(C[C@H](C)C(=O)O)c2)ccc1OCc1ccccc1)C(=O)OCc1ccccc1. The Bertz CT molecular complexity index is 2270. The van der Waals surface area contributed by atoms with Crippen LogP contribution >= 0.6 is 0 Å². The molecule has 11 nitrogen and oxygen atoms in total. The molecule has 0 aliphatic rings. The van der Waals surface area contributed by atoms with Gasteiger partial charge in [0.05, 0.1) is 5.92 Å². The smallest absolute Gasteiger partial charge is 0.329 e. The Morgan fingerprint density at radius 2 is 1.19 bits per heavy atom. The average Bonchev–Trinajstić information content (AvgIpc) is 3.27. The summed E-state index contributed by atoms with van der Waals surface area (Å²) in [6.07, 6.45) is 1.01. The molecule has 1 amide bonds. The molecule has 5 rings (SSSR count). The number of carbonyl (C=O) groups excluding carboxylic acids is 2. The number of esters is 1. The van der Waals surface area contributed by atoms with Gasteiger partial charge in [-0.25, -0.2) is 4.79 Å². The molecule has 0 spiro atoms. The van der Waals surface area contributed by atoms with Crippen molar-refractivity contribution in [2.24, 2.45) is 10.9 Å². The maximum absolute atomic E-state index is 14.4. The monoisotopic (exact) mass is 855 g/mol. The van der Waals surface area contributed by atoms with Crippen LogP contribution in [0.4, 0.5) is 0 Å². The predicted octanol–water partition coefficient (Wildman–Crippen LogP) is 8.98. The van der Waals surface area contributed by atoms with Gasteiger partial charge in [0.25, 0.3) is 0 Å². The van der Waals surface area contributed by atoms with Crippen LogP contribution < -0.4 is 14.6 Å². The molecular weight excluding hydrogens is 797 g/mol. The number of ether oxygens (including phenoxy) is 4. The van der Waals surface area contributed by atoms with E-state index in [0.717, 1.165) is 39.8 Å². The van der Waals surface area contributed by atoms with E-state index in [1.54, 1.807) is 27.7 Å². The maximum Gasteiger partial charge on any atom is 0.329 e. The third-order valence-electron chi connectivity index (χ3n) is 10.4. The normalized spacial score (nSPS) is 13.0. The van der Waals surface area contributed by atoms with E-state index in [1.807, 2.05) is 134 Å². The Kier molecular flexibility index (Phi) is 17.3. The number of carboxylic acid groups (broad SMARTS) is 1. The molecule has 0 aliphatic carbocycles. The molecule has 0 saturated heterocycles. The van der Waals surface area contributed by atoms with Crippen LogP contribution in [-0.2, 0) is 56.5 Å². The van der Waals surface area contributed by atoms with Gasteiger partial charge in [-0.2, -0.15) is 0 Å². The molecule has 0 radical (unpaired) electrons. The fraction of sp³-hybridized carbons (Fsp3) is 0.346. The number of benzene rings is 5. The standard InChI is InChI=1S/C52H60N2O9/c1-7-8-24-44(53-51(59)63-52(3,4)5)48(55)54(6)45(50(58)62-35-39-22-16-11-17-23-39)32-43-31-41(26-28-47(43)61-34-38-20-14-10-15-21-38)40-25-27-46(42(30-40)29-36(2)49(56)57)60-33-37-18-12-9-13-19-37/h9-23,25-28,30-31,36,44-45H,7-8,24,29,32-35H2,1-6H3,(H,53,59)(H,56,57)/p-1/t36-,44?,45-/m0/s1. The van der Waals surface area contributed by atoms with Gasteiger partial charge < -0.3 is 34.1 Å². The highest BCUT2D eigenvalue weighted by atomic mass is 16.6. The fourth-order valence-corrected chi connectivity index (χ4v) is 6.86. The average molecular weight is 856 g/mol. The van der Waals surface area contributed by atoms with Gasteiger partial charge in [0.2, 0.25) is 5.91 Å². The minimum atomic E-state index is -1.16. The maximum atomic E-state index is 14.4. The molecular formula is C52H59N2O9-. The molecule has 3 atom stereocenters. The van der Waals surface area contributed by atoms with Gasteiger partial charge in [0.15, 0.2) is 0 Å². The zero-order valence-corrected chi connectivity index (χ0v) is 37.1. The van der Waals surface area contributed by atoms with Crippen LogP contribution in [0.3, 0.4) is 0 Å². The molecule has 63 heavy (non-hydrogen) atoms. The molecule has 0 bridgehead atoms. The van der Waals surface area contributed by atoms with Crippen molar-refractivity contribution in [3.05, 3.63) is 155 Å². The van der Waals surface area contributed by atoms with E-state index in [1.165, 1.54) is 11.9 Å². The minimum absolute atomic E-state index is 0.0120. The second-order valence-electron chi connectivity index (χ2n) is 16.7. The lowest BCUT2D eigenvalue weighted by molar-refractivity contribution is -0.261. The number of carbonyl (C=O) groups is 3. The molecule has 0 aliphatic heterocycles. The summed E-state index contributed by atoms with van der Waals surface area (Å²) in [4.78, 5) is 46.3. The lowest BCUT2D eigenvalue weighted by atomic mass is 9.94. The molecule has 11 heteroatoms. The predicted molar refractivity (Wildman–Crippen MR) is 242 cm³/mol. The molecule has 0 saturated carbocycles. The van der Waals surface area contributed by atoms with Crippen LogP contribution in [0, 0.1) is 5.92 Å². The van der Waals surface area contributed by atoms with Crippen LogP contribution in [0.5, 0.6) is 11.5 Å². The van der Waals surface area contributed by atoms with Crippen molar-refractivity contribution in [1.29, 1.82) is 0 Å². The zero-order valence-electron chi connectivity index (χ0n) is 37.1. The quantitative estimate of drug-likeness (QED) is 0.0434. The van der Waals surface area contributed by atoms with Crippen LogP contribution in [0.2, 0.25) is 0 Å². The second kappa shape index (κ2) is 23.0. The topological polar surface area (TPSA) is 147 Å². The first-order valence-corrected chi connectivity index (χ1v) is 21.4. The first-order chi connectivity index (χ1) is 30.2. The van der Waals surface area contributed by atoms with E-state index in [4.69, 9.17) is 18.9 Å². The van der Waals surface area contributed by atoms with E-state index in [-0.39, 0.29) is 32.5 Å². The van der Waals surface area contributed by atoms with E-state index < -0.39 is 47.5 Å². The number of carboxylic acids is 1. The number of hydrogen-bond acceptors (Lipinski definition) is 9. The molecule has 5 aromatic rings. The van der Waals surface area contributed by atoms with Crippen molar-refractivity contribution in [2.75, 3.05) is 7.05 Å². The molecule has 0 heterocycles. The summed E-state index contributed by atoms with van der Waals surface area (Å²) in [6, 6.07) is 37.8. The molecule has 0 fully saturated rings. The molecule has 332 valence electrons. The van der Waals surface area contributed by atoms with E-state index in [9.17, 15) is 24.6 Å². The Hall–Kier alpha value is -6.62. The number of rotatable bonds is 21. The van der Waals surface area contributed by atoms with Crippen LogP contribution in [0.25, 0.3) is 11.1 Å². The van der Waals surface area contributed by atoms with Crippen molar-refractivity contribution < 1.29 is 43.5 Å². The third kappa shape index (κ3) is 14.8. The minimum Gasteiger partial charge on any atom is -0.595 e. The number of hydrogen-bond donors (Lipinski definition) is 1. The number of aliphatic carboxylic acids is 1. The van der Waals surface area contributed by atoms with E-state index >= 15 is 0 Å². The Balaban J connectivity index is 1.56. The highest BCUT2D eigenvalue weighted by Crippen LogP contribution is 2.34. The largest absolute Gasteiger partial charge is 0.595 e. The van der Waals surface area contributed by atoms with Gasteiger partial charge in [-0.1, -0.05) is 151 Å². The van der Waals surface area contributed by atoms with Gasteiger partial charge in [0, 0.05) is 19.1 Å². The lowest BCUT2D eigenvalue weighted by Crippen LogP contribution is -2.48. The van der Waals surface area contributed by atoms with Crippen LogP contribution in [0.15, 0.2) is 132 Å². The van der Waals surface area contributed by atoms with Gasteiger partial charge in [-0.05, 0) is 76.1 Å². The number of nitrogens with zero attached hydrogens (tertiary/aromatic N) is 2. The molecule has 5 aromatic carbocycles. The second-order valence-corrected chi connectivity index (χ2v) is 16.7. The summed E-state index contributed by atoms with van der Waals surface area (Å²) in [7, 11) is 1.53. The Morgan fingerprint density at radius 3 is 1.65 bits per heavy atom. The van der Waals surface area contributed by atoms with Gasteiger partial charge >= 0.3 is 11.9 Å². The summed E-state index contributed by atoms with van der Waals surface area (Å²) in [5.74, 6) is -1.70. The summed E-state index contributed by atoms with van der Waals surface area (Å²) >= 11 is 0. The Labute approximate surface area is 371 Å².